The Morgan fingerprint density at radius 3 is 2.72 bits per heavy atom. The fourth-order valence-corrected chi connectivity index (χ4v) is 3.16. The van der Waals surface area contributed by atoms with E-state index in [1.54, 1.807) is 0 Å². The lowest BCUT2D eigenvalue weighted by molar-refractivity contribution is 0.0759. The number of nitrogens with zero attached hydrogens (tertiary/aromatic N) is 1. The summed E-state index contributed by atoms with van der Waals surface area (Å²) in [5, 5.41) is 22.4. The topological polar surface area (TPSA) is 55.7 Å². The van der Waals surface area contributed by atoms with Crippen molar-refractivity contribution in [3.63, 3.8) is 0 Å². The molecule has 18 heavy (non-hydrogen) atoms. The molecule has 0 aromatic carbocycles. The van der Waals surface area contributed by atoms with Crippen LogP contribution in [0.3, 0.4) is 0 Å². The van der Waals surface area contributed by atoms with Gasteiger partial charge in [0.2, 0.25) is 0 Å². The van der Waals surface area contributed by atoms with Crippen molar-refractivity contribution in [1.29, 1.82) is 0 Å². The van der Waals surface area contributed by atoms with E-state index in [4.69, 9.17) is 5.11 Å². The fourth-order valence-electron chi connectivity index (χ4n) is 3.16. The monoisotopic (exact) mass is 256 g/mol. The van der Waals surface area contributed by atoms with Gasteiger partial charge in [-0.15, -0.1) is 0 Å². The quantitative estimate of drug-likeness (QED) is 0.619. The fraction of sp³-hybridized carbons (Fsp3) is 1.00. The first-order valence-electron chi connectivity index (χ1n) is 7.47. The number of hydrogen-bond donors (Lipinski definition) is 3. The van der Waals surface area contributed by atoms with Crippen LogP contribution in [0.25, 0.3) is 0 Å². The number of aliphatic hydroxyl groups excluding tert-OH is 2. The zero-order chi connectivity index (χ0) is 13.0. The summed E-state index contributed by atoms with van der Waals surface area (Å²) in [5.74, 6) is 1.19. The number of likely N-dealkylation sites (tertiary alicyclic amines) is 1. The molecule has 3 unspecified atom stereocenters. The number of nitrogens with one attached hydrogen (secondary N) is 1. The van der Waals surface area contributed by atoms with E-state index in [-0.39, 0.29) is 12.7 Å². The molecular weight excluding hydrogens is 228 g/mol. The number of rotatable bonds is 7. The summed E-state index contributed by atoms with van der Waals surface area (Å²) in [5.41, 5.74) is 0. The van der Waals surface area contributed by atoms with E-state index in [9.17, 15) is 5.11 Å². The Kier molecular flexibility index (Phi) is 5.42. The molecule has 3 N–H and O–H groups in total. The number of likely N-dealkylation sites (N-methyl/N-ethyl adjacent to an activating group) is 1. The first kappa shape index (κ1) is 14.3. The lowest BCUT2D eigenvalue weighted by Crippen LogP contribution is -2.50. The Hall–Kier alpha value is -0.160. The molecule has 0 amide bonds. The first-order chi connectivity index (χ1) is 8.72. The molecule has 1 saturated carbocycles. The molecule has 2 fully saturated rings. The van der Waals surface area contributed by atoms with Crippen molar-refractivity contribution < 1.29 is 10.2 Å². The second-order valence-corrected chi connectivity index (χ2v) is 5.97. The lowest BCUT2D eigenvalue weighted by atomic mass is 9.88. The van der Waals surface area contributed by atoms with Crippen LogP contribution in [0.1, 0.15) is 32.6 Å². The summed E-state index contributed by atoms with van der Waals surface area (Å²) in [4.78, 5) is 2.46. The normalized spacial score (nSPS) is 31.5. The van der Waals surface area contributed by atoms with Gasteiger partial charge < -0.3 is 20.4 Å². The third-order valence-electron chi connectivity index (χ3n) is 4.35. The Labute approximate surface area is 110 Å². The van der Waals surface area contributed by atoms with E-state index in [1.165, 1.54) is 12.8 Å². The maximum Gasteiger partial charge on any atom is 0.0571 e. The van der Waals surface area contributed by atoms with E-state index < -0.39 is 0 Å². The molecule has 2 aliphatic rings. The van der Waals surface area contributed by atoms with Crippen LogP contribution in [0.2, 0.25) is 0 Å². The SMILES string of the molecule is CCN1CC(CC(O)C2CC2)CC(NCCO)C1. The van der Waals surface area contributed by atoms with Crippen LogP contribution >= 0.6 is 0 Å². The smallest absolute Gasteiger partial charge is 0.0571 e. The standard InChI is InChI=1S/C14H28N2O2/c1-2-16-9-11(8-14(18)12-3-4-12)7-13(10-16)15-5-6-17/h11-15,17-18H,2-10H2,1H3. The predicted octanol–water partition coefficient (Wildman–Crippen LogP) is 0.440. The zero-order valence-corrected chi connectivity index (χ0v) is 11.5. The molecule has 1 heterocycles. The molecule has 1 saturated heterocycles. The van der Waals surface area contributed by atoms with Gasteiger partial charge in [0.25, 0.3) is 0 Å². The molecule has 4 nitrogen and oxygen atoms in total. The molecule has 1 aliphatic carbocycles. The van der Waals surface area contributed by atoms with Crippen LogP contribution in [-0.4, -0.2) is 60.0 Å². The largest absolute Gasteiger partial charge is 0.395 e. The van der Waals surface area contributed by atoms with Crippen LogP contribution in [0.15, 0.2) is 0 Å². The average Bonchev–Trinajstić information content (AvgIpc) is 3.20. The van der Waals surface area contributed by atoms with Gasteiger partial charge in [-0.3, -0.25) is 0 Å². The molecule has 4 heteroatoms. The second-order valence-electron chi connectivity index (χ2n) is 5.97. The highest BCUT2D eigenvalue weighted by molar-refractivity contribution is 4.88. The van der Waals surface area contributed by atoms with Crippen LogP contribution in [0.4, 0.5) is 0 Å². The minimum absolute atomic E-state index is 0.0784. The van der Waals surface area contributed by atoms with Gasteiger partial charge in [0.05, 0.1) is 12.7 Å². The molecule has 0 spiro atoms. The highest BCUT2D eigenvalue weighted by atomic mass is 16.3. The van der Waals surface area contributed by atoms with Crippen molar-refractivity contribution >= 4 is 0 Å². The third kappa shape index (κ3) is 4.19. The molecule has 0 bridgehead atoms. The van der Waals surface area contributed by atoms with Gasteiger partial charge in [-0.2, -0.15) is 0 Å². The minimum atomic E-state index is -0.0784. The van der Waals surface area contributed by atoms with Gasteiger partial charge >= 0.3 is 0 Å². The van der Waals surface area contributed by atoms with E-state index in [2.05, 4.69) is 17.1 Å². The van der Waals surface area contributed by atoms with E-state index in [1.807, 2.05) is 0 Å². The Morgan fingerprint density at radius 1 is 1.33 bits per heavy atom. The van der Waals surface area contributed by atoms with Gasteiger partial charge in [-0.25, -0.2) is 0 Å². The summed E-state index contributed by atoms with van der Waals surface area (Å²) < 4.78 is 0. The third-order valence-corrected chi connectivity index (χ3v) is 4.35. The second kappa shape index (κ2) is 6.85. The number of aliphatic hydroxyl groups is 2. The summed E-state index contributed by atoms with van der Waals surface area (Å²) in [6, 6.07) is 0.474. The molecule has 2 rings (SSSR count). The minimum Gasteiger partial charge on any atom is -0.395 e. The van der Waals surface area contributed by atoms with Gasteiger partial charge in [0, 0.05) is 25.7 Å². The summed E-state index contributed by atoms with van der Waals surface area (Å²) >= 11 is 0. The van der Waals surface area contributed by atoms with Crippen molar-refractivity contribution in [3.8, 4) is 0 Å². The highest BCUT2D eigenvalue weighted by Crippen LogP contribution is 2.36. The van der Waals surface area contributed by atoms with E-state index >= 15 is 0 Å². The summed E-state index contributed by atoms with van der Waals surface area (Å²) in [6.07, 6.45) is 4.46. The number of hydrogen-bond acceptors (Lipinski definition) is 4. The number of piperidine rings is 1. The average molecular weight is 256 g/mol. The first-order valence-corrected chi connectivity index (χ1v) is 7.47. The molecule has 3 atom stereocenters. The van der Waals surface area contributed by atoms with Crippen molar-refractivity contribution in [2.24, 2.45) is 11.8 Å². The van der Waals surface area contributed by atoms with Crippen LogP contribution < -0.4 is 5.32 Å². The van der Waals surface area contributed by atoms with Crippen molar-refractivity contribution in [1.82, 2.24) is 10.2 Å². The Balaban J connectivity index is 1.80. The molecule has 1 aliphatic heterocycles. The Bertz CT molecular complexity index is 246. The maximum atomic E-state index is 10.1. The van der Waals surface area contributed by atoms with Gasteiger partial charge in [-0.1, -0.05) is 6.92 Å². The molecule has 0 aromatic rings. The van der Waals surface area contributed by atoms with Gasteiger partial charge in [0.15, 0.2) is 0 Å². The van der Waals surface area contributed by atoms with E-state index in [0.717, 1.165) is 32.5 Å². The Morgan fingerprint density at radius 2 is 2.11 bits per heavy atom. The van der Waals surface area contributed by atoms with E-state index in [0.29, 0.717) is 24.4 Å². The summed E-state index contributed by atoms with van der Waals surface area (Å²) in [7, 11) is 0. The van der Waals surface area contributed by atoms with Crippen molar-refractivity contribution in [3.05, 3.63) is 0 Å². The molecule has 106 valence electrons. The highest BCUT2D eigenvalue weighted by Gasteiger charge is 2.34. The summed E-state index contributed by atoms with van der Waals surface area (Å²) in [6.45, 7) is 6.36. The van der Waals surface area contributed by atoms with Crippen LogP contribution in [0.5, 0.6) is 0 Å². The predicted molar refractivity (Wildman–Crippen MR) is 72.4 cm³/mol. The molecule has 0 aromatic heterocycles. The van der Waals surface area contributed by atoms with Crippen molar-refractivity contribution in [2.45, 2.75) is 44.8 Å². The maximum absolute atomic E-state index is 10.1. The lowest BCUT2D eigenvalue weighted by Gasteiger charge is -2.38. The van der Waals surface area contributed by atoms with Crippen LogP contribution in [0, 0.1) is 11.8 Å². The van der Waals surface area contributed by atoms with Crippen LogP contribution in [-0.2, 0) is 0 Å². The van der Waals surface area contributed by atoms with Gasteiger partial charge in [-0.05, 0) is 44.1 Å². The van der Waals surface area contributed by atoms with Crippen molar-refractivity contribution in [2.75, 3.05) is 32.8 Å². The van der Waals surface area contributed by atoms with Gasteiger partial charge in [0.1, 0.15) is 0 Å². The molecular formula is C14H28N2O2. The molecule has 0 radical (unpaired) electrons. The zero-order valence-electron chi connectivity index (χ0n) is 11.5.